The van der Waals surface area contributed by atoms with Crippen molar-refractivity contribution in [1.29, 1.82) is 0 Å². The number of rotatable bonds is 6. The maximum Gasteiger partial charge on any atom is 0.490 e. The minimum Gasteiger partial charge on any atom is -0.497 e. The van der Waals surface area contributed by atoms with Crippen LogP contribution in [0.1, 0.15) is 12.0 Å². The highest BCUT2D eigenvalue weighted by atomic mass is 32.2. The van der Waals surface area contributed by atoms with E-state index in [0.717, 1.165) is 21.0 Å². The van der Waals surface area contributed by atoms with Crippen LogP contribution in [0.3, 0.4) is 0 Å². The van der Waals surface area contributed by atoms with Crippen LogP contribution in [0.25, 0.3) is 20.9 Å². The number of thiophene rings is 1. The fraction of sp³-hybridized carbons (Fsp3) is 0.240. The molecule has 0 radical (unpaired) electrons. The highest BCUT2D eigenvalue weighted by Crippen LogP contribution is 2.33. The standard InChI is InChI=1S/C23H21N3O5S2.C2HF3O2/c1-31-17-4-2-14-3-5-18(11-15(14)10-17)33(29,30)25-19-7-9-26(23(19)28)12-16-13-32-20-6-8-24-22(27)21(16)20;3-2(4,5)1(6)7/h2-6,8,10-11,13,19,25H,7,9,12H2,1H3,(H,24,27);(H,6,7)/t19-;/m1./s1. The van der Waals surface area contributed by atoms with Crippen LogP contribution in [0.2, 0.25) is 0 Å². The van der Waals surface area contributed by atoms with Crippen LogP contribution >= 0.6 is 11.3 Å². The summed E-state index contributed by atoms with van der Waals surface area (Å²) in [6.45, 7) is 0.700. The topological polar surface area (TPSA) is 146 Å². The van der Waals surface area contributed by atoms with Gasteiger partial charge >= 0.3 is 12.1 Å². The second kappa shape index (κ2) is 11.3. The van der Waals surface area contributed by atoms with Crippen molar-refractivity contribution in [2.24, 2.45) is 0 Å². The van der Waals surface area contributed by atoms with Crippen LogP contribution < -0.4 is 9.46 Å². The largest absolute Gasteiger partial charge is 0.497 e. The van der Waals surface area contributed by atoms with E-state index in [0.29, 0.717) is 24.1 Å². The minimum atomic E-state index is -5.08. The molecule has 1 aliphatic heterocycles. The maximum absolute atomic E-state index is 13.0. The number of nitrogens with zero attached hydrogens (tertiary/aromatic N) is 2. The SMILES string of the molecule is COc1ccc2ccc(S(=O)(=O)N[C@@H]3CCN(Cc4csc5ccnc(O)c45)C3=O)cc2c1.O=C(O)C(F)(F)F. The number of alkyl halides is 3. The highest BCUT2D eigenvalue weighted by molar-refractivity contribution is 7.89. The molecule has 5 rings (SSSR count). The van der Waals surface area contributed by atoms with E-state index < -0.39 is 28.2 Å². The molecule has 0 saturated carbocycles. The van der Waals surface area contributed by atoms with Crippen molar-refractivity contribution in [3.8, 4) is 11.6 Å². The number of likely N-dealkylation sites (tertiary alicyclic amines) is 1. The number of methoxy groups -OCH3 is 1. The average Bonchev–Trinajstić information content (AvgIpc) is 3.47. The van der Waals surface area contributed by atoms with E-state index in [1.54, 1.807) is 30.2 Å². The summed E-state index contributed by atoms with van der Waals surface area (Å²) in [6, 6.07) is 11.2. The Bertz CT molecular complexity index is 1690. The number of sulfonamides is 1. The van der Waals surface area contributed by atoms with E-state index in [2.05, 4.69) is 9.71 Å². The third kappa shape index (κ3) is 6.26. The van der Waals surface area contributed by atoms with Gasteiger partial charge in [0, 0.05) is 24.0 Å². The fourth-order valence-corrected chi connectivity index (χ4v) is 6.31. The molecule has 40 heavy (non-hydrogen) atoms. The fourth-order valence-electron chi connectivity index (χ4n) is 4.11. The summed E-state index contributed by atoms with van der Waals surface area (Å²) in [5.41, 5.74) is 0.793. The lowest BCUT2D eigenvalue weighted by Gasteiger charge is -2.17. The molecule has 1 fully saturated rings. The molecular weight excluding hydrogens is 575 g/mol. The first-order chi connectivity index (χ1) is 18.8. The van der Waals surface area contributed by atoms with Crippen LogP contribution in [0.5, 0.6) is 11.6 Å². The Kier molecular flexibility index (Phi) is 8.18. The number of nitrogens with one attached hydrogen (secondary N) is 1. The lowest BCUT2D eigenvalue weighted by atomic mass is 10.1. The zero-order chi connectivity index (χ0) is 29.2. The van der Waals surface area contributed by atoms with E-state index in [9.17, 15) is 31.5 Å². The Balaban J connectivity index is 0.000000470. The quantitative estimate of drug-likeness (QED) is 0.304. The number of pyridine rings is 1. The van der Waals surface area contributed by atoms with Crippen LogP contribution in [0.15, 0.2) is 58.9 Å². The van der Waals surface area contributed by atoms with E-state index >= 15 is 0 Å². The molecule has 1 atom stereocenters. The Morgan fingerprint density at radius 1 is 1.20 bits per heavy atom. The van der Waals surface area contributed by atoms with Crippen molar-refractivity contribution in [2.75, 3.05) is 13.7 Å². The number of aliphatic carboxylic acids is 1. The van der Waals surface area contributed by atoms with Gasteiger partial charge in [-0.3, -0.25) is 4.79 Å². The van der Waals surface area contributed by atoms with Crippen molar-refractivity contribution < 1.29 is 46.1 Å². The second-order valence-electron chi connectivity index (χ2n) is 8.67. The molecular formula is C25H22F3N3O7S2. The molecule has 1 amide bonds. The molecule has 10 nitrogen and oxygen atoms in total. The Labute approximate surface area is 229 Å². The molecule has 0 spiro atoms. The molecule has 2 aromatic carbocycles. The molecule has 15 heteroatoms. The van der Waals surface area contributed by atoms with Crippen molar-refractivity contribution in [3.63, 3.8) is 0 Å². The number of carboxylic acid groups (broad SMARTS) is 1. The van der Waals surface area contributed by atoms with Crippen molar-refractivity contribution in [1.82, 2.24) is 14.6 Å². The van der Waals surface area contributed by atoms with Crippen LogP contribution in [0, 0.1) is 0 Å². The van der Waals surface area contributed by atoms with Gasteiger partial charge < -0.3 is 19.8 Å². The van der Waals surface area contributed by atoms with Gasteiger partial charge in [0.15, 0.2) is 0 Å². The molecule has 1 aliphatic rings. The average molecular weight is 598 g/mol. The Morgan fingerprint density at radius 2 is 1.90 bits per heavy atom. The molecule has 2 aromatic heterocycles. The summed E-state index contributed by atoms with van der Waals surface area (Å²) in [4.78, 5) is 27.5. The Morgan fingerprint density at radius 3 is 2.58 bits per heavy atom. The molecule has 0 aliphatic carbocycles. The number of amides is 1. The predicted molar refractivity (Wildman–Crippen MR) is 140 cm³/mol. The molecule has 0 bridgehead atoms. The first-order valence-electron chi connectivity index (χ1n) is 11.5. The van der Waals surface area contributed by atoms with Gasteiger partial charge in [0.25, 0.3) is 0 Å². The van der Waals surface area contributed by atoms with Gasteiger partial charge in [-0.25, -0.2) is 18.2 Å². The monoisotopic (exact) mass is 597 g/mol. The summed E-state index contributed by atoms with van der Waals surface area (Å²) in [5.74, 6) is -2.48. The van der Waals surface area contributed by atoms with Crippen LogP contribution in [0.4, 0.5) is 13.2 Å². The zero-order valence-corrected chi connectivity index (χ0v) is 22.3. The molecule has 1 saturated heterocycles. The second-order valence-corrected chi connectivity index (χ2v) is 11.3. The van der Waals surface area contributed by atoms with E-state index in [1.807, 2.05) is 23.6 Å². The van der Waals surface area contributed by atoms with Crippen LogP contribution in [-0.4, -0.2) is 66.3 Å². The predicted octanol–water partition coefficient (Wildman–Crippen LogP) is 3.88. The van der Waals surface area contributed by atoms with E-state index in [-0.39, 0.29) is 23.2 Å². The van der Waals surface area contributed by atoms with Crippen molar-refractivity contribution in [2.45, 2.75) is 30.1 Å². The molecule has 0 unspecified atom stereocenters. The summed E-state index contributed by atoms with van der Waals surface area (Å²) < 4.78 is 66.5. The number of carbonyl (C=O) groups is 2. The first-order valence-corrected chi connectivity index (χ1v) is 13.9. The third-order valence-electron chi connectivity index (χ3n) is 6.07. The number of carbonyl (C=O) groups excluding carboxylic acids is 1. The number of hydrogen-bond acceptors (Lipinski definition) is 8. The molecule has 212 valence electrons. The number of aromatic nitrogens is 1. The Hall–Kier alpha value is -3.95. The van der Waals surface area contributed by atoms with Gasteiger partial charge in [-0.1, -0.05) is 12.1 Å². The summed E-state index contributed by atoms with van der Waals surface area (Å²) >= 11 is 1.47. The number of aromatic hydroxyl groups is 1. The van der Waals surface area contributed by atoms with Gasteiger partial charge in [-0.05, 0) is 58.5 Å². The van der Waals surface area contributed by atoms with Gasteiger partial charge in [0.2, 0.25) is 21.8 Å². The minimum absolute atomic E-state index is 0.0689. The molecule has 3 N–H and O–H groups in total. The summed E-state index contributed by atoms with van der Waals surface area (Å²) in [6.07, 6.45) is -3.18. The lowest BCUT2D eigenvalue weighted by molar-refractivity contribution is -0.192. The van der Waals surface area contributed by atoms with Gasteiger partial charge in [-0.2, -0.15) is 17.9 Å². The molecule has 3 heterocycles. The van der Waals surface area contributed by atoms with Gasteiger partial charge in [0.05, 0.1) is 17.4 Å². The molecule has 4 aromatic rings. The third-order valence-corrected chi connectivity index (χ3v) is 8.54. The van der Waals surface area contributed by atoms with Crippen molar-refractivity contribution in [3.05, 3.63) is 59.6 Å². The van der Waals surface area contributed by atoms with E-state index in [4.69, 9.17) is 14.6 Å². The highest BCUT2D eigenvalue weighted by Gasteiger charge is 2.38. The zero-order valence-electron chi connectivity index (χ0n) is 20.7. The number of carboxylic acids is 1. The van der Waals surface area contributed by atoms with E-state index in [1.165, 1.54) is 23.6 Å². The van der Waals surface area contributed by atoms with Crippen LogP contribution in [-0.2, 0) is 26.2 Å². The van der Waals surface area contributed by atoms with Gasteiger partial charge in [-0.15, -0.1) is 11.3 Å². The first kappa shape index (κ1) is 29.0. The maximum atomic E-state index is 13.0. The van der Waals surface area contributed by atoms with Gasteiger partial charge in [0.1, 0.15) is 11.8 Å². The summed E-state index contributed by atoms with van der Waals surface area (Å²) in [7, 11) is -2.35. The number of hydrogen-bond donors (Lipinski definition) is 3. The van der Waals surface area contributed by atoms with Crippen molar-refractivity contribution >= 4 is 54.1 Å². The normalized spacial score (nSPS) is 15.8. The number of ether oxygens (including phenoxy) is 1. The number of halogens is 3. The number of benzene rings is 2. The summed E-state index contributed by atoms with van der Waals surface area (Å²) in [5, 5.41) is 21.4. The smallest absolute Gasteiger partial charge is 0.490 e. The lowest BCUT2D eigenvalue weighted by Crippen LogP contribution is -2.41. The number of fused-ring (bicyclic) bond motifs is 2.